The molecule has 2 heterocycles. The SMILES string of the molecule is C=Cc1cn(-c2ccc(C)nc2)nc1N. The Morgan fingerprint density at radius 2 is 2.27 bits per heavy atom. The minimum absolute atomic E-state index is 0.477. The van der Waals surface area contributed by atoms with Gasteiger partial charge in [-0.25, -0.2) is 4.68 Å². The van der Waals surface area contributed by atoms with E-state index in [1.165, 1.54) is 0 Å². The number of hydrogen-bond donors (Lipinski definition) is 1. The lowest BCUT2D eigenvalue weighted by Gasteiger charge is -1.99. The van der Waals surface area contributed by atoms with Crippen molar-refractivity contribution in [3.63, 3.8) is 0 Å². The van der Waals surface area contributed by atoms with Gasteiger partial charge in [0, 0.05) is 17.5 Å². The van der Waals surface area contributed by atoms with Crippen LogP contribution in [0.25, 0.3) is 11.8 Å². The van der Waals surface area contributed by atoms with Crippen molar-refractivity contribution in [2.24, 2.45) is 0 Å². The molecule has 0 aliphatic carbocycles. The monoisotopic (exact) mass is 200 g/mol. The van der Waals surface area contributed by atoms with Crippen LogP contribution in [0.5, 0.6) is 0 Å². The van der Waals surface area contributed by atoms with E-state index in [9.17, 15) is 0 Å². The molecule has 4 heteroatoms. The molecule has 2 N–H and O–H groups in total. The number of pyridine rings is 1. The maximum atomic E-state index is 5.70. The first-order chi connectivity index (χ1) is 7.20. The predicted octanol–water partition coefficient (Wildman–Crippen LogP) is 1.80. The highest BCUT2D eigenvalue weighted by atomic mass is 15.3. The fraction of sp³-hybridized carbons (Fsp3) is 0.0909. The van der Waals surface area contributed by atoms with Crippen LogP contribution in [0, 0.1) is 6.92 Å². The van der Waals surface area contributed by atoms with Crippen LogP contribution in [0.4, 0.5) is 5.82 Å². The van der Waals surface area contributed by atoms with E-state index in [0.717, 1.165) is 16.9 Å². The number of aryl methyl sites for hydroxylation is 1. The highest BCUT2D eigenvalue weighted by Gasteiger charge is 2.03. The summed E-state index contributed by atoms with van der Waals surface area (Å²) in [6.45, 7) is 5.60. The van der Waals surface area contributed by atoms with Gasteiger partial charge in [0.05, 0.1) is 11.9 Å². The van der Waals surface area contributed by atoms with E-state index in [0.29, 0.717) is 5.82 Å². The van der Waals surface area contributed by atoms with E-state index in [4.69, 9.17) is 5.73 Å². The Bertz CT molecular complexity index is 482. The molecule has 2 aromatic heterocycles. The van der Waals surface area contributed by atoms with Crippen LogP contribution >= 0.6 is 0 Å². The van der Waals surface area contributed by atoms with E-state index < -0.39 is 0 Å². The second kappa shape index (κ2) is 3.57. The Hall–Kier alpha value is -2.10. The second-order valence-corrected chi connectivity index (χ2v) is 3.28. The van der Waals surface area contributed by atoms with Crippen molar-refractivity contribution in [2.75, 3.05) is 5.73 Å². The Labute approximate surface area is 88.1 Å². The largest absolute Gasteiger partial charge is 0.382 e. The highest BCUT2D eigenvalue weighted by molar-refractivity contribution is 5.59. The molecule has 4 nitrogen and oxygen atoms in total. The Morgan fingerprint density at radius 1 is 1.47 bits per heavy atom. The summed E-state index contributed by atoms with van der Waals surface area (Å²) < 4.78 is 1.69. The number of nitrogens with two attached hydrogens (primary N) is 1. The number of nitrogens with zero attached hydrogens (tertiary/aromatic N) is 3. The van der Waals surface area contributed by atoms with Crippen LogP contribution in [0.15, 0.2) is 31.1 Å². The second-order valence-electron chi connectivity index (χ2n) is 3.28. The van der Waals surface area contributed by atoms with E-state index in [-0.39, 0.29) is 0 Å². The van der Waals surface area contributed by atoms with E-state index >= 15 is 0 Å². The quantitative estimate of drug-likeness (QED) is 0.804. The van der Waals surface area contributed by atoms with Gasteiger partial charge in [0.25, 0.3) is 0 Å². The third kappa shape index (κ3) is 1.74. The molecule has 76 valence electrons. The summed E-state index contributed by atoms with van der Waals surface area (Å²) in [4.78, 5) is 4.19. The van der Waals surface area contributed by atoms with Crippen LogP contribution in [0.2, 0.25) is 0 Å². The van der Waals surface area contributed by atoms with Gasteiger partial charge in [0.2, 0.25) is 0 Å². The van der Waals surface area contributed by atoms with Gasteiger partial charge in [-0.15, -0.1) is 5.10 Å². The van der Waals surface area contributed by atoms with E-state index in [1.54, 1.807) is 17.0 Å². The van der Waals surface area contributed by atoms with Gasteiger partial charge in [-0.2, -0.15) is 0 Å². The molecule has 0 atom stereocenters. The summed E-state index contributed by atoms with van der Waals surface area (Å²) in [5, 5.41) is 4.16. The molecule has 0 saturated heterocycles. The van der Waals surface area contributed by atoms with Gasteiger partial charge in [0.1, 0.15) is 0 Å². The summed E-state index contributed by atoms with van der Waals surface area (Å²) >= 11 is 0. The zero-order chi connectivity index (χ0) is 10.8. The fourth-order valence-electron chi connectivity index (χ4n) is 1.29. The normalized spacial score (nSPS) is 10.2. The predicted molar refractivity (Wildman–Crippen MR) is 60.6 cm³/mol. The van der Waals surface area contributed by atoms with Crippen LogP contribution in [0.1, 0.15) is 11.3 Å². The third-order valence-corrected chi connectivity index (χ3v) is 2.15. The lowest BCUT2D eigenvalue weighted by Crippen LogP contribution is -1.97. The zero-order valence-electron chi connectivity index (χ0n) is 8.51. The lowest BCUT2D eigenvalue weighted by molar-refractivity contribution is 0.876. The van der Waals surface area contributed by atoms with E-state index in [1.807, 2.05) is 25.3 Å². The summed E-state index contributed by atoms with van der Waals surface area (Å²) in [5.41, 5.74) is 8.39. The van der Waals surface area contributed by atoms with Crippen molar-refractivity contribution >= 4 is 11.9 Å². The van der Waals surface area contributed by atoms with Gasteiger partial charge in [-0.3, -0.25) is 4.98 Å². The number of anilines is 1. The fourth-order valence-corrected chi connectivity index (χ4v) is 1.29. The van der Waals surface area contributed by atoms with E-state index in [2.05, 4.69) is 16.7 Å². The standard InChI is InChI=1S/C11H12N4/c1-3-9-7-15(14-11(9)12)10-5-4-8(2)13-6-10/h3-7H,1H2,2H3,(H2,12,14). The van der Waals surface area contributed by atoms with Crippen LogP contribution in [0.3, 0.4) is 0 Å². The number of aromatic nitrogens is 3. The molecule has 0 aliphatic heterocycles. The van der Waals surface area contributed by atoms with Gasteiger partial charge >= 0.3 is 0 Å². The van der Waals surface area contributed by atoms with Crippen molar-refractivity contribution in [3.8, 4) is 5.69 Å². The van der Waals surface area contributed by atoms with Crippen molar-refractivity contribution in [2.45, 2.75) is 6.92 Å². The number of hydrogen-bond acceptors (Lipinski definition) is 3. The molecule has 0 radical (unpaired) electrons. The van der Waals surface area contributed by atoms with Gasteiger partial charge < -0.3 is 5.73 Å². The maximum Gasteiger partial charge on any atom is 0.153 e. The molecule has 0 spiro atoms. The Balaban J connectivity index is 2.45. The van der Waals surface area contributed by atoms with Crippen molar-refractivity contribution in [3.05, 3.63) is 42.4 Å². The van der Waals surface area contributed by atoms with Crippen LogP contribution < -0.4 is 5.73 Å². The molecular weight excluding hydrogens is 188 g/mol. The van der Waals surface area contributed by atoms with Crippen molar-refractivity contribution < 1.29 is 0 Å². The molecule has 2 aromatic rings. The molecule has 0 fully saturated rings. The zero-order valence-corrected chi connectivity index (χ0v) is 8.51. The molecule has 0 aliphatic rings. The summed E-state index contributed by atoms with van der Waals surface area (Å²) in [5.74, 6) is 0.477. The number of nitrogen functional groups attached to an aromatic ring is 1. The van der Waals surface area contributed by atoms with Crippen molar-refractivity contribution in [1.29, 1.82) is 0 Å². The molecule has 2 rings (SSSR count). The van der Waals surface area contributed by atoms with Crippen LogP contribution in [-0.4, -0.2) is 14.8 Å². The molecular formula is C11H12N4. The molecule has 15 heavy (non-hydrogen) atoms. The average molecular weight is 200 g/mol. The molecule has 0 amide bonds. The van der Waals surface area contributed by atoms with Crippen LogP contribution in [-0.2, 0) is 0 Å². The molecule has 0 aromatic carbocycles. The smallest absolute Gasteiger partial charge is 0.153 e. The highest BCUT2D eigenvalue weighted by Crippen LogP contribution is 2.14. The molecule has 0 bridgehead atoms. The average Bonchev–Trinajstić information content (AvgIpc) is 2.61. The van der Waals surface area contributed by atoms with Gasteiger partial charge in [-0.05, 0) is 19.1 Å². The van der Waals surface area contributed by atoms with Gasteiger partial charge in [-0.1, -0.05) is 12.7 Å². The Morgan fingerprint density at radius 3 is 2.80 bits per heavy atom. The van der Waals surface area contributed by atoms with Gasteiger partial charge in [0.15, 0.2) is 5.82 Å². The summed E-state index contributed by atoms with van der Waals surface area (Å²) in [6, 6.07) is 3.88. The molecule has 0 saturated carbocycles. The van der Waals surface area contributed by atoms with Crippen molar-refractivity contribution in [1.82, 2.24) is 14.8 Å². The molecule has 0 unspecified atom stereocenters. The third-order valence-electron chi connectivity index (χ3n) is 2.15. The minimum atomic E-state index is 0.477. The minimum Gasteiger partial charge on any atom is -0.382 e. The lowest BCUT2D eigenvalue weighted by atomic mass is 10.3. The maximum absolute atomic E-state index is 5.70. The summed E-state index contributed by atoms with van der Waals surface area (Å²) in [6.07, 6.45) is 5.27. The Kier molecular flexibility index (Phi) is 2.25. The number of rotatable bonds is 2. The first-order valence-corrected chi connectivity index (χ1v) is 4.61. The first kappa shape index (κ1) is 9.45. The topological polar surface area (TPSA) is 56.7 Å². The summed E-state index contributed by atoms with van der Waals surface area (Å²) in [7, 11) is 0. The first-order valence-electron chi connectivity index (χ1n) is 4.61.